The number of nitrogens with one attached hydrogen (secondary N) is 1. The third-order valence-corrected chi connectivity index (χ3v) is 11.5. The molecule has 2 amide bonds. The quantitative estimate of drug-likeness (QED) is 0.248. The summed E-state index contributed by atoms with van der Waals surface area (Å²) in [5.74, 6) is -1.47. The van der Waals surface area contributed by atoms with Crippen LogP contribution in [-0.4, -0.2) is 54.2 Å². The predicted molar refractivity (Wildman–Crippen MR) is 170 cm³/mol. The third kappa shape index (κ3) is 5.91. The molecule has 9 nitrogen and oxygen atoms in total. The van der Waals surface area contributed by atoms with E-state index in [1.807, 2.05) is 0 Å². The normalized spacial score (nSPS) is 18.7. The zero-order chi connectivity index (χ0) is 34.6. The van der Waals surface area contributed by atoms with E-state index in [4.69, 9.17) is 0 Å². The first-order valence-electron chi connectivity index (χ1n) is 15.8. The Morgan fingerprint density at radius 3 is 2.29 bits per heavy atom. The van der Waals surface area contributed by atoms with Crippen molar-refractivity contribution in [3.8, 4) is 0 Å². The van der Waals surface area contributed by atoms with Crippen LogP contribution in [0.15, 0.2) is 90.1 Å². The average Bonchev–Trinajstić information content (AvgIpc) is 3.90. The van der Waals surface area contributed by atoms with Crippen LogP contribution in [0.1, 0.15) is 63.4 Å². The van der Waals surface area contributed by atoms with E-state index in [0.29, 0.717) is 42.9 Å². The van der Waals surface area contributed by atoms with Gasteiger partial charge >= 0.3 is 6.18 Å². The molecule has 7 rings (SSSR count). The fraction of sp³-hybridized carbons (Fsp3) is 0.314. The van der Waals surface area contributed by atoms with Gasteiger partial charge in [-0.25, -0.2) is 12.8 Å². The Bertz CT molecular complexity index is 2010. The monoisotopic (exact) mass is 693 g/mol. The van der Waals surface area contributed by atoms with Crippen molar-refractivity contribution in [2.75, 3.05) is 17.4 Å². The van der Waals surface area contributed by atoms with Gasteiger partial charge in [0, 0.05) is 36.5 Å². The number of anilines is 1. The summed E-state index contributed by atoms with van der Waals surface area (Å²) in [6.07, 6.45) is 0.452. The van der Waals surface area contributed by atoms with E-state index < -0.39 is 51.5 Å². The van der Waals surface area contributed by atoms with Gasteiger partial charge in [-0.05, 0) is 104 Å². The number of carbonyl (C=O) groups excluding carboxylic acids is 2. The summed E-state index contributed by atoms with van der Waals surface area (Å²) >= 11 is 0. The van der Waals surface area contributed by atoms with E-state index in [2.05, 4.69) is 15.3 Å². The lowest BCUT2D eigenvalue weighted by Crippen LogP contribution is -2.54. The highest BCUT2D eigenvalue weighted by Gasteiger charge is 2.60. The van der Waals surface area contributed by atoms with E-state index in [-0.39, 0.29) is 28.0 Å². The standard InChI is InChI=1S/C35H31F4N5O4S/c36-24-9-11-25(12-10-24)49(47,48)44-30-13-8-23(32(45)42-21-29-26(35(37,38)39)4-3-17-41-29)20-27(30)34(31(44)22-6-7-22)14-18-43(19-15-34)33(46)28-5-1-2-16-40-28/h1-5,8-13,16-17,20,22,31H,6-7,14-15,18-19,21H2,(H,42,45)/t31-/m1/s1. The zero-order valence-electron chi connectivity index (χ0n) is 26.0. The van der Waals surface area contributed by atoms with Crippen LogP contribution >= 0.6 is 0 Å². The van der Waals surface area contributed by atoms with Gasteiger partial charge in [-0.2, -0.15) is 13.2 Å². The van der Waals surface area contributed by atoms with Gasteiger partial charge in [0.25, 0.3) is 21.8 Å². The SMILES string of the molecule is O=C(NCc1ncccc1C(F)(F)F)c1ccc2c(c1)C1(CCN(C(=O)c3ccccn3)CC1)[C@@H](C1CC1)N2S(=O)(=O)c1ccc(F)cc1. The maximum Gasteiger partial charge on any atom is 0.418 e. The molecule has 0 unspecified atom stereocenters. The van der Waals surface area contributed by atoms with Crippen molar-refractivity contribution in [1.29, 1.82) is 0 Å². The topological polar surface area (TPSA) is 113 Å². The molecule has 1 aliphatic carbocycles. The van der Waals surface area contributed by atoms with Gasteiger partial charge in [-0.15, -0.1) is 0 Å². The molecule has 4 heterocycles. The van der Waals surface area contributed by atoms with Crippen LogP contribution in [-0.2, 0) is 28.2 Å². The first kappa shape index (κ1) is 32.7. The molecule has 1 N–H and O–H groups in total. The van der Waals surface area contributed by atoms with Crippen molar-refractivity contribution in [2.24, 2.45) is 5.92 Å². The summed E-state index contributed by atoms with van der Waals surface area (Å²) in [4.78, 5) is 36.4. The number of nitrogens with zero attached hydrogens (tertiary/aromatic N) is 4. The van der Waals surface area contributed by atoms with Crippen molar-refractivity contribution in [3.63, 3.8) is 0 Å². The van der Waals surface area contributed by atoms with Crippen molar-refractivity contribution in [1.82, 2.24) is 20.2 Å². The van der Waals surface area contributed by atoms with E-state index in [1.54, 1.807) is 35.2 Å². The van der Waals surface area contributed by atoms with Crippen molar-refractivity contribution >= 4 is 27.5 Å². The van der Waals surface area contributed by atoms with Gasteiger partial charge in [0.05, 0.1) is 34.4 Å². The second-order valence-corrected chi connectivity index (χ2v) is 14.4. The smallest absolute Gasteiger partial charge is 0.346 e. The van der Waals surface area contributed by atoms with Crippen molar-refractivity contribution < 1.29 is 35.6 Å². The lowest BCUT2D eigenvalue weighted by Gasteiger charge is -2.45. The van der Waals surface area contributed by atoms with Crippen LogP contribution in [0, 0.1) is 11.7 Å². The summed E-state index contributed by atoms with van der Waals surface area (Å²) in [7, 11) is -4.21. The van der Waals surface area contributed by atoms with Gasteiger partial charge in [0.15, 0.2) is 0 Å². The summed E-state index contributed by atoms with van der Waals surface area (Å²) < 4.78 is 84.7. The lowest BCUT2D eigenvalue weighted by atomic mass is 9.68. The molecule has 0 bridgehead atoms. The van der Waals surface area contributed by atoms with Crippen LogP contribution in [0.3, 0.4) is 0 Å². The third-order valence-electron chi connectivity index (χ3n) is 9.73. The second kappa shape index (κ2) is 12.2. The molecule has 14 heteroatoms. The number of pyridine rings is 2. The Balaban J connectivity index is 1.26. The number of likely N-dealkylation sites (tertiary alicyclic amines) is 1. The number of hydrogen-bond acceptors (Lipinski definition) is 6. The molecule has 2 fully saturated rings. The first-order chi connectivity index (χ1) is 23.4. The molecule has 254 valence electrons. The molecule has 1 saturated carbocycles. The highest BCUT2D eigenvalue weighted by Crippen LogP contribution is 2.59. The fourth-order valence-corrected chi connectivity index (χ4v) is 9.08. The number of aromatic nitrogens is 2. The number of carbonyl (C=O) groups is 2. The number of rotatable bonds is 7. The molecule has 0 radical (unpaired) electrons. The fourth-order valence-electron chi connectivity index (χ4n) is 7.28. The zero-order valence-corrected chi connectivity index (χ0v) is 26.8. The Morgan fingerprint density at radius 1 is 0.918 bits per heavy atom. The number of piperidine rings is 1. The number of halogens is 4. The minimum atomic E-state index is -4.65. The maximum atomic E-state index is 14.4. The molecular weight excluding hydrogens is 662 g/mol. The van der Waals surface area contributed by atoms with Crippen LogP contribution in [0.2, 0.25) is 0 Å². The molecule has 2 aromatic heterocycles. The minimum absolute atomic E-state index is 0.00267. The molecule has 1 saturated heterocycles. The molecule has 1 atom stereocenters. The van der Waals surface area contributed by atoms with Crippen LogP contribution in [0.25, 0.3) is 0 Å². The summed E-state index contributed by atoms with van der Waals surface area (Å²) in [5, 5.41) is 2.54. The average molecular weight is 694 g/mol. The second-order valence-electron chi connectivity index (χ2n) is 12.6. The summed E-state index contributed by atoms with van der Waals surface area (Å²) in [6.45, 7) is 0.134. The number of hydrogen-bond donors (Lipinski definition) is 1. The molecule has 1 spiro atoms. The van der Waals surface area contributed by atoms with E-state index in [9.17, 15) is 35.6 Å². The highest BCUT2D eigenvalue weighted by atomic mass is 32.2. The molecule has 4 aromatic rings. The number of sulfonamides is 1. The Kier molecular flexibility index (Phi) is 8.16. The van der Waals surface area contributed by atoms with E-state index in [0.717, 1.165) is 31.0 Å². The van der Waals surface area contributed by atoms with Crippen LogP contribution in [0.4, 0.5) is 23.2 Å². The molecule has 2 aromatic carbocycles. The summed E-state index contributed by atoms with van der Waals surface area (Å²) in [5.41, 5.74) is -0.644. The van der Waals surface area contributed by atoms with E-state index >= 15 is 0 Å². The van der Waals surface area contributed by atoms with Crippen LogP contribution in [0.5, 0.6) is 0 Å². The van der Waals surface area contributed by atoms with Gasteiger partial charge in [-0.3, -0.25) is 23.9 Å². The van der Waals surface area contributed by atoms with Gasteiger partial charge in [0.2, 0.25) is 0 Å². The Labute approximate surface area is 280 Å². The van der Waals surface area contributed by atoms with Gasteiger partial charge in [-0.1, -0.05) is 6.07 Å². The van der Waals surface area contributed by atoms with Crippen molar-refractivity contribution in [2.45, 2.75) is 54.8 Å². The van der Waals surface area contributed by atoms with Crippen molar-refractivity contribution in [3.05, 3.63) is 119 Å². The lowest BCUT2D eigenvalue weighted by molar-refractivity contribution is -0.138. The highest BCUT2D eigenvalue weighted by molar-refractivity contribution is 7.92. The minimum Gasteiger partial charge on any atom is -0.346 e. The summed E-state index contributed by atoms with van der Waals surface area (Å²) in [6, 6.07) is 15.9. The first-order valence-corrected chi connectivity index (χ1v) is 17.3. The Morgan fingerprint density at radius 2 is 1.63 bits per heavy atom. The number of amides is 2. The van der Waals surface area contributed by atoms with Gasteiger partial charge in [0.1, 0.15) is 11.5 Å². The molecule has 3 aliphatic rings. The Hall–Kier alpha value is -4.85. The predicted octanol–water partition coefficient (Wildman–Crippen LogP) is 5.73. The number of fused-ring (bicyclic) bond motifs is 2. The molecular formula is C35H31F4N5O4S. The molecule has 2 aliphatic heterocycles. The van der Waals surface area contributed by atoms with Crippen LogP contribution < -0.4 is 9.62 Å². The maximum absolute atomic E-state index is 14.4. The largest absolute Gasteiger partial charge is 0.418 e. The molecule has 49 heavy (non-hydrogen) atoms. The number of alkyl halides is 3. The number of benzene rings is 2. The van der Waals surface area contributed by atoms with E-state index in [1.165, 1.54) is 41.0 Å². The van der Waals surface area contributed by atoms with Gasteiger partial charge < -0.3 is 10.2 Å².